The summed E-state index contributed by atoms with van der Waals surface area (Å²) < 4.78 is 39.1. The van der Waals surface area contributed by atoms with Gasteiger partial charge < -0.3 is 0 Å². The van der Waals surface area contributed by atoms with Gasteiger partial charge in [0.15, 0.2) is 0 Å². The molecule has 2 aromatic carbocycles. The highest BCUT2D eigenvalue weighted by molar-refractivity contribution is 6.42. The lowest BCUT2D eigenvalue weighted by molar-refractivity contribution is -0.384. The average molecular weight is 440 g/mol. The van der Waals surface area contributed by atoms with Crippen LogP contribution in [0.2, 0.25) is 5.02 Å². The summed E-state index contributed by atoms with van der Waals surface area (Å²) in [6.45, 7) is 0. The molecule has 2 aromatic rings. The number of carbonyl (C=O) groups is 3. The van der Waals surface area contributed by atoms with E-state index in [1.807, 2.05) is 5.32 Å². The first-order valence-corrected chi connectivity index (χ1v) is 8.39. The first-order chi connectivity index (χ1) is 14.0. The van der Waals surface area contributed by atoms with E-state index in [0.29, 0.717) is 17.0 Å². The third-order valence-corrected chi connectivity index (χ3v) is 4.33. The van der Waals surface area contributed by atoms with Gasteiger partial charge in [-0.15, -0.1) is 0 Å². The van der Waals surface area contributed by atoms with E-state index < -0.39 is 45.8 Å². The molecule has 8 nitrogen and oxygen atoms in total. The summed E-state index contributed by atoms with van der Waals surface area (Å²) in [5.74, 6) is -2.35. The number of imide groups is 2. The van der Waals surface area contributed by atoms with Gasteiger partial charge in [-0.3, -0.25) is 25.0 Å². The standard InChI is InChI=1S/C18H9ClF3N3O5/c19-13-5-4-10(18(20,21)22)8-14(13)24-16(27)12(15(26)23-17(24)28)7-9-2-1-3-11(6-9)25(29)30/h1-8H,(H,23,26,28)/b12-7+. The molecule has 3 rings (SSSR count). The number of halogens is 4. The van der Waals surface area contributed by atoms with Gasteiger partial charge in [-0.05, 0) is 29.8 Å². The number of nitro benzene ring substituents is 1. The second-order valence-electron chi connectivity index (χ2n) is 5.97. The number of urea groups is 1. The van der Waals surface area contributed by atoms with Crippen LogP contribution in [0.1, 0.15) is 11.1 Å². The van der Waals surface area contributed by atoms with Gasteiger partial charge in [0.1, 0.15) is 5.57 Å². The van der Waals surface area contributed by atoms with Gasteiger partial charge in [-0.25, -0.2) is 9.69 Å². The van der Waals surface area contributed by atoms with Gasteiger partial charge in [-0.2, -0.15) is 13.2 Å². The summed E-state index contributed by atoms with van der Waals surface area (Å²) in [5.41, 5.74) is -2.59. The highest BCUT2D eigenvalue weighted by Crippen LogP contribution is 2.36. The van der Waals surface area contributed by atoms with Gasteiger partial charge in [0.25, 0.3) is 17.5 Å². The summed E-state index contributed by atoms with van der Waals surface area (Å²) in [7, 11) is 0. The molecule has 1 saturated heterocycles. The Morgan fingerprint density at radius 3 is 2.43 bits per heavy atom. The Labute approximate surface area is 170 Å². The highest BCUT2D eigenvalue weighted by atomic mass is 35.5. The summed E-state index contributed by atoms with van der Waals surface area (Å²) in [6.07, 6.45) is -3.79. The molecule has 154 valence electrons. The summed E-state index contributed by atoms with van der Waals surface area (Å²) in [5, 5.41) is 12.4. The number of non-ortho nitro benzene ring substituents is 1. The third kappa shape index (κ3) is 4.01. The Bertz CT molecular complexity index is 1130. The first kappa shape index (κ1) is 21.0. The quantitative estimate of drug-likeness (QED) is 0.337. The molecule has 1 fully saturated rings. The Hall–Kier alpha value is -3.73. The van der Waals surface area contributed by atoms with E-state index in [0.717, 1.165) is 18.2 Å². The molecule has 4 amide bonds. The van der Waals surface area contributed by atoms with Crippen molar-refractivity contribution in [1.29, 1.82) is 0 Å². The lowest BCUT2D eigenvalue weighted by Crippen LogP contribution is -2.54. The third-order valence-electron chi connectivity index (χ3n) is 4.01. The molecule has 0 saturated carbocycles. The smallest absolute Gasteiger partial charge is 0.273 e. The van der Waals surface area contributed by atoms with Crippen molar-refractivity contribution in [1.82, 2.24) is 5.32 Å². The van der Waals surface area contributed by atoms with Crippen molar-refractivity contribution in [3.05, 3.63) is 74.3 Å². The maximum atomic E-state index is 13.0. The van der Waals surface area contributed by atoms with E-state index in [-0.39, 0.29) is 16.3 Å². The van der Waals surface area contributed by atoms with Gasteiger partial charge >= 0.3 is 12.2 Å². The van der Waals surface area contributed by atoms with Crippen LogP contribution < -0.4 is 10.2 Å². The summed E-state index contributed by atoms with van der Waals surface area (Å²) in [6, 6.07) is 5.67. The van der Waals surface area contributed by atoms with Crippen LogP contribution in [-0.4, -0.2) is 22.8 Å². The Balaban J connectivity index is 2.08. The zero-order valence-electron chi connectivity index (χ0n) is 14.6. The highest BCUT2D eigenvalue weighted by Gasteiger charge is 2.39. The predicted octanol–water partition coefficient (Wildman–Crippen LogP) is 3.93. The maximum absolute atomic E-state index is 13.0. The number of nitrogens with zero attached hydrogens (tertiary/aromatic N) is 2. The number of nitrogens with one attached hydrogen (secondary N) is 1. The minimum absolute atomic E-state index is 0.0899. The molecule has 0 unspecified atom stereocenters. The summed E-state index contributed by atoms with van der Waals surface area (Å²) in [4.78, 5) is 47.6. The number of alkyl halides is 3. The van der Waals surface area contributed by atoms with Crippen LogP contribution in [-0.2, 0) is 15.8 Å². The molecule has 0 radical (unpaired) electrons. The van der Waals surface area contributed by atoms with Crippen molar-refractivity contribution in [2.24, 2.45) is 0 Å². The fraction of sp³-hybridized carbons (Fsp3) is 0.0556. The molecular formula is C18H9ClF3N3O5. The number of barbiturate groups is 1. The van der Waals surface area contributed by atoms with Gasteiger partial charge in [0.05, 0.1) is 21.2 Å². The molecule has 0 aromatic heterocycles. The Kier molecular flexibility index (Phi) is 5.31. The van der Waals surface area contributed by atoms with Crippen LogP contribution in [0.3, 0.4) is 0 Å². The molecule has 1 aliphatic rings. The average Bonchev–Trinajstić information content (AvgIpc) is 2.65. The van der Waals surface area contributed by atoms with Crippen LogP contribution in [0.25, 0.3) is 6.08 Å². The van der Waals surface area contributed by atoms with Crippen molar-refractivity contribution < 1.29 is 32.5 Å². The molecule has 0 aliphatic carbocycles. The minimum atomic E-state index is -4.77. The van der Waals surface area contributed by atoms with Crippen LogP contribution >= 0.6 is 11.6 Å². The fourth-order valence-corrected chi connectivity index (χ4v) is 2.83. The predicted molar refractivity (Wildman–Crippen MR) is 98.6 cm³/mol. The number of carbonyl (C=O) groups excluding carboxylic acids is 3. The van der Waals surface area contributed by atoms with Crippen LogP contribution in [0.5, 0.6) is 0 Å². The largest absolute Gasteiger partial charge is 0.416 e. The van der Waals surface area contributed by atoms with Crippen molar-refractivity contribution >= 4 is 46.9 Å². The summed E-state index contributed by atoms with van der Waals surface area (Å²) >= 11 is 5.89. The van der Waals surface area contributed by atoms with Gasteiger partial charge in [0.2, 0.25) is 0 Å². The molecular weight excluding hydrogens is 431 g/mol. The normalized spacial score (nSPS) is 16.1. The van der Waals surface area contributed by atoms with Gasteiger partial charge in [-0.1, -0.05) is 23.7 Å². The number of rotatable bonds is 3. The lowest BCUT2D eigenvalue weighted by Gasteiger charge is -2.27. The van der Waals surface area contributed by atoms with E-state index in [1.165, 1.54) is 18.2 Å². The second kappa shape index (κ2) is 7.59. The number of hydrogen-bond acceptors (Lipinski definition) is 5. The van der Waals surface area contributed by atoms with E-state index in [4.69, 9.17) is 11.6 Å². The fourth-order valence-electron chi connectivity index (χ4n) is 2.63. The first-order valence-electron chi connectivity index (χ1n) is 8.01. The number of anilines is 1. The van der Waals surface area contributed by atoms with Crippen LogP contribution in [0.15, 0.2) is 48.0 Å². The maximum Gasteiger partial charge on any atom is 0.416 e. The molecule has 30 heavy (non-hydrogen) atoms. The SMILES string of the molecule is O=C1NC(=O)N(c2cc(C(F)(F)F)ccc2Cl)C(=O)/C1=C/c1cccc([N+](=O)[O-])c1. The zero-order valence-corrected chi connectivity index (χ0v) is 15.3. The molecule has 1 heterocycles. The van der Waals surface area contributed by atoms with Crippen molar-refractivity contribution in [2.75, 3.05) is 4.90 Å². The zero-order chi connectivity index (χ0) is 22.2. The van der Waals surface area contributed by atoms with E-state index in [1.54, 1.807) is 0 Å². The van der Waals surface area contributed by atoms with Crippen LogP contribution in [0.4, 0.5) is 29.3 Å². The Morgan fingerprint density at radius 1 is 1.10 bits per heavy atom. The van der Waals surface area contributed by atoms with Crippen LogP contribution in [0, 0.1) is 10.1 Å². The lowest BCUT2D eigenvalue weighted by atomic mass is 10.1. The number of nitro groups is 1. The molecule has 0 bridgehead atoms. The number of hydrogen-bond donors (Lipinski definition) is 1. The molecule has 12 heteroatoms. The monoisotopic (exact) mass is 439 g/mol. The van der Waals surface area contributed by atoms with Crippen molar-refractivity contribution in [3.8, 4) is 0 Å². The van der Waals surface area contributed by atoms with Crippen molar-refractivity contribution in [2.45, 2.75) is 6.18 Å². The number of amides is 4. The topological polar surface area (TPSA) is 110 Å². The van der Waals surface area contributed by atoms with E-state index in [2.05, 4.69) is 0 Å². The van der Waals surface area contributed by atoms with Gasteiger partial charge in [0, 0.05) is 12.1 Å². The molecule has 1 aliphatic heterocycles. The van der Waals surface area contributed by atoms with E-state index in [9.17, 15) is 37.7 Å². The molecule has 0 spiro atoms. The second-order valence-corrected chi connectivity index (χ2v) is 6.38. The molecule has 0 atom stereocenters. The molecule has 1 N–H and O–H groups in total. The minimum Gasteiger partial charge on any atom is -0.273 e. The van der Waals surface area contributed by atoms with E-state index >= 15 is 0 Å². The Morgan fingerprint density at radius 2 is 1.80 bits per heavy atom. The van der Waals surface area contributed by atoms with Crippen molar-refractivity contribution in [3.63, 3.8) is 0 Å². The number of benzene rings is 2.